The van der Waals surface area contributed by atoms with Crippen LogP contribution in [0.1, 0.15) is 0 Å². The Morgan fingerprint density at radius 1 is 1.41 bits per heavy atom. The fourth-order valence-corrected chi connectivity index (χ4v) is 1.42. The molecule has 0 aromatic heterocycles. The first-order valence-corrected chi connectivity index (χ1v) is 5.45. The molecule has 0 spiro atoms. The van der Waals surface area contributed by atoms with E-state index >= 15 is 0 Å². The molecule has 0 aliphatic rings. The highest BCUT2D eigenvalue weighted by Crippen LogP contribution is 2.07. The van der Waals surface area contributed by atoms with Crippen LogP contribution in [0.2, 0.25) is 0 Å². The zero-order valence-corrected chi connectivity index (χ0v) is 9.71. The van der Waals surface area contributed by atoms with Crippen LogP contribution in [0.15, 0.2) is 43.0 Å². The predicted molar refractivity (Wildman–Crippen MR) is 66.2 cm³/mol. The normalized spacial score (nSPS) is 10.2. The van der Waals surface area contributed by atoms with Gasteiger partial charge in [0.05, 0.1) is 6.54 Å². The summed E-state index contributed by atoms with van der Waals surface area (Å²) in [5, 5.41) is 8.71. The van der Waals surface area contributed by atoms with E-state index < -0.39 is 5.97 Å². The molecule has 0 radical (unpaired) electrons. The molecule has 0 bridgehead atoms. The fourth-order valence-electron chi connectivity index (χ4n) is 1.42. The molecular weight excluding hydrogens is 218 g/mol. The number of rotatable bonds is 8. The molecule has 0 aliphatic heterocycles. The zero-order valence-electron chi connectivity index (χ0n) is 9.71. The van der Waals surface area contributed by atoms with Crippen molar-refractivity contribution in [3.63, 3.8) is 0 Å². The Morgan fingerprint density at radius 2 is 2.12 bits per heavy atom. The van der Waals surface area contributed by atoms with Gasteiger partial charge in [0.25, 0.3) is 0 Å². The molecule has 0 amide bonds. The van der Waals surface area contributed by atoms with E-state index in [0.29, 0.717) is 19.7 Å². The highest BCUT2D eigenvalue weighted by molar-refractivity contribution is 5.69. The van der Waals surface area contributed by atoms with Gasteiger partial charge in [-0.3, -0.25) is 9.69 Å². The minimum absolute atomic E-state index is 0.00414. The van der Waals surface area contributed by atoms with Crippen LogP contribution >= 0.6 is 0 Å². The van der Waals surface area contributed by atoms with Crippen LogP contribution in [0.25, 0.3) is 0 Å². The fraction of sp³-hybridized carbons (Fsp3) is 0.308. The third-order valence-electron chi connectivity index (χ3n) is 2.17. The smallest absolute Gasteiger partial charge is 0.317 e. The number of carbonyl (C=O) groups is 1. The molecule has 0 saturated carbocycles. The van der Waals surface area contributed by atoms with Gasteiger partial charge in [-0.2, -0.15) is 0 Å². The lowest BCUT2D eigenvalue weighted by atomic mass is 10.3. The number of carboxylic acids is 1. The number of hydrogen-bond acceptors (Lipinski definition) is 3. The number of ether oxygens (including phenoxy) is 1. The van der Waals surface area contributed by atoms with E-state index in [9.17, 15) is 4.79 Å². The molecular formula is C13H17NO3. The van der Waals surface area contributed by atoms with E-state index in [-0.39, 0.29) is 6.54 Å². The van der Waals surface area contributed by atoms with E-state index in [0.717, 1.165) is 5.75 Å². The van der Waals surface area contributed by atoms with Crippen molar-refractivity contribution in [2.75, 3.05) is 26.2 Å². The summed E-state index contributed by atoms with van der Waals surface area (Å²) in [6, 6.07) is 9.45. The number of carboxylic acid groups (broad SMARTS) is 1. The van der Waals surface area contributed by atoms with Crippen molar-refractivity contribution < 1.29 is 14.6 Å². The van der Waals surface area contributed by atoms with Gasteiger partial charge in [-0.15, -0.1) is 6.58 Å². The van der Waals surface area contributed by atoms with Crippen molar-refractivity contribution in [3.8, 4) is 5.75 Å². The summed E-state index contributed by atoms with van der Waals surface area (Å²) in [7, 11) is 0. The first kappa shape index (κ1) is 13.3. The standard InChI is InChI=1S/C13H17NO3/c1-2-8-14(11-13(15)16)9-10-17-12-6-4-3-5-7-12/h2-7H,1,8-11H2,(H,15,16). The van der Waals surface area contributed by atoms with Gasteiger partial charge >= 0.3 is 5.97 Å². The summed E-state index contributed by atoms with van der Waals surface area (Å²) in [5.74, 6) is -0.0482. The van der Waals surface area contributed by atoms with E-state index in [2.05, 4.69) is 6.58 Å². The topological polar surface area (TPSA) is 49.8 Å². The van der Waals surface area contributed by atoms with Crippen LogP contribution in [0, 0.1) is 0 Å². The van der Waals surface area contributed by atoms with E-state index in [1.807, 2.05) is 30.3 Å². The number of benzene rings is 1. The highest BCUT2D eigenvalue weighted by Gasteiger charge is 2.07. The Kier molecular flexibility index (Phi) is 5.82. The van der Waals surface area contributed by atoms with Crippen molar-refractivity contribution in [2.24, 2.45) is 0 Å². The lowest BCUT2D eigenvalue weighted by molar-refractivity contribution is -0.138. The van der Waals surface area contributed by atoms with E-state index in [4.69, 9.17) is 9.84 Å². The molecule has 17 heavy (non-hydrogen) atoms. The van der Waals surface area contributed by atoms with Crippen LogP contribution in [0.5, 0.6) is 5.75 Å². The van der Waals surface area contributed by atoms with Crippen LogP contribution in [0.4, 0.5) is 0 Å². The summed E-state index contributed by atoms with van der Waals surface area (Å²) in [5.41, 5.74) is 0. The number of aliphatic carboxylic acids is 1. The molecule has 0 saturated heterocycles. The molecule has 0 heterocycles. The average Bonchev–Trinajstić information content (AvgIpc) is 2.30. The molecule has 4 heteroatoms. The molecule has 1 aromatic carbocycles. The van der Waals surface area contributed by atoms with Gasteiger partial charge in [-0.1, -0.05) is 24.3 Å². The van der Waals surface area contributed by atoms with Crippen molar-refractivity contribution in [3.05, 3.63) is 43.0 Å². The Bertz CT molecular complexity index is 351. The molecule has 1 N–H and O–H groups in total. The lowest BCUT2D eigenvalue weighted by Gasteiger charge is -2.18. The van der Waals surface area contributed by atoms with Crippen molar-refractivity contribution >= 4 is 5.97 Å². The minimum atomic E-state index is -0.841. The van der Waals surface area contributed by atoms with Crippen molar-refractivity contribution in [2.45, 2.75) is 0 Å². The van der Waals surface area contributed by atoms with Gasteiger partial charge in [0.15, 0.2) is 0 Å². The average molecular weight is 235 g/mol. The maximum atomic E-state index is 10.6. The highest BCUT2D eigenvalue weighted by atomic mass is 16.5. The van der Waals surface area contributed by atoms with Crippen LogP contribution in [-0.2, 0) is 4.79 Å². The van der Waals surface area contributed by atoms with Crippen molar-refractivity contribution in [1.29, 1.82) is 0 Å². The van der Waals surface area contributed by atoms with E-state index in [1.165, 1.54) is 0 Å². The molecule has 1 aromatic rings. The number of para-hydroxylation sites is 1. The largest absolute Gasteiger partial charge is 0.492 e. The van der Waals surface area contributed by atoms with Gasteiger partial charge in [-0.05, 0) is 12.1 Å². The summed E-state index contributed by atoms with van der Waals surface area (Å²) in [6.45, 7) is 5.17. The summed E-state index contributed by atoms with van der Waals surface area (Å²) in [6.07, 6.45) is 1.69. The second-order valence-corrected chi connectivity index (χ2v) is 3.58. The molecule has 1 rings (SSSR count). The second kappa shape index (κ2) is 7.46. The molecule has 0 fully saturated rings. The quantitative estimate of drug-likeness (QED) is 0.696. The summed E-state index contributed by atoms with van der Waals surface area (Å²) >= 11 is 0. The van der Waals surface area contributed by atoms with Gasteiger partial charge in [-0.25, -0.2) is 0 Å². The monoisotopic (exact) mass is 235 g/mol. The second-order valence-electron chi connectivity index (χ2n) is 3.58. The summed E-state index contributed by atoms with van der Waals surface area (Å²) in [4.78, 5) is 12.4. The van der Waals surface area contributed by atoms with E-state index in [1.54, 1.807) is 11.0 Å². The predicted octanol–water partition coefficient (Wildman–Crippen LogP) is 1.64. The Morgan fingerprint density at radius 3 is 2.71 bits per heavy atom. The molecule has 4 nitrogen and oxygen atoms in total. The first-order chi connectivity index (χ1) is 8.22. The molecule has 0 unspecified atom stereocenters. The SMILES string of the molecule is C=CCN(CCOc1ccccc1)CC(=O)O. The summed E-state index contributed by atoms with van der Waals surface area (Å²) < 4.78 is 5.50. The van der Waals surface area contributed by atoms with Crippen LogP contribution < -0.4 is 4.74 Å². The number of hydrogen-bond donors (Lipinski definition) is 1. The molecule has 0 aliphatic carbocycles. The number of nitrogens with zero attached hydrogens (tertiary/aromatic N) is 1. The Balaban J connectivity index is 2.31. The van der Waals surface area contributed by atoms with Gasteiger partial charge < -0.3 is 9.84 Å². The maximum absolute atomic E-state index is 10.6. The molecule has 92 valence electrons. The van der Waals surface area contributed by atoms with Crippen LogP contribution in [-0.4, -0.2) is 42.2 Å². The van der Waals surface area contributed by atoms with Crippen LogP contribution in [0.3, 0.4) is 0 Å². The van der Waals surface area contributed by atoms with Gasteiger partial charge in [0, 0.05) is 13.1 Å². The van der Waals surface area contributed by atoms with Gasteiger partial charge in [0.2, 0.25) is 0 Å². The minimum Gasteiger partial charge on any atom is -0.492 e. The third kappa shape index (κ3) is 5.73. The molecule has 0 atom stereocenters. The van der Waals surface area contributed by atoms with Crippen molar-refractivity contribution in [1.82, 2.24) is 4.90 Å². The Hall–Kier alpha value is -1.81. The maximum Gasteiger partial charge on any atom is 0.317 e. The van der Waals surface area contributed by atoms with Gasteiger partial charge in [0.1, 0.15) is 12.4 Å². The zero-order chi connectivity index (χ0) is 12.5. The Labute approximate surface area is 101 Å². The lowest BCUT2D eigenvalue weighted by Crippen LogP contribution is -2.33. The third-order valence-corrected chi connectivity index (χ3v) is 2.17. The first-order valence-electron chi connectivity index (χ1n) is 5.45.